The molecule has 0 aliphatic rings. The van der Waals surface area contributed by atoms with Crippen molar-refractivity contribution in [1.82, 2.24) is 9.97 Å². The second-order valence-corrected chi connectivity index (χ2v) is 5.59. The van der Waals surface area contributed by atoms with Gasteiger partial charge >= 0.3 is 0 Å². The van der Waals surface area contributed by atoms with Crippen LogP contribution in [0, 0.1) is 6.92 Å². The average Bonchev–Trinajstić information content (AvgIpc) is 2.30. The molecule has 0 fully saturated rings. The summed E-state index contributed by atoms with van der Waals surface area (Å²) in [7, 11) is 0. The summed E-state index contributed by atoms with van der Waals surface area (Å²) in [5.41, 5.74) is 7.59. The lowest BCUT2D eigenvalue weighted by atomic mass is 10.3. The number of rotatable bonds is 4. The molecule has 4 nitrogen and oxygen atoms in total. The molecule has 0 radical (unpaired) electrons. The Morgan fingerprint density at radius 1 is 1.16 bits per heavy atom. The highest BCUT2D eigenvalue weighted by Crippen LogP contribution is 2.30. The highest BCUT2D eigenvalue weighted by molar-refractivity contribution is 7.99. The third-order valence-corrected chi connectivity index (χ3v) is 3.11. The van der Waals surface area contributed by atoms with Crippen LogP contribution in [0.2, 0.25) is 0 Å². The monoisotopic (exact) mass is 275 g/mol. The largest absolute Gasteiger partial charge is 0.491 e. The molecule has 0 atom stereocenters. The number of hydrogen-bond acceptors (Lipinski definition) is 5. The van der Waals surface area contributed by atoms with E-state index in [-0.39, 0.29) is 6.10 Å². The summed E-state index contributed by atoms with van der Waals surface area (Å²) in [6.07, 6.45) is 3.72. The molecule has 0 aliphatic heterocycles. The zero-order valence-electron chi connectivity index (χ0n) is 11.3. The maximum absolute atomic E-state index is 5.88. The Balaban J connectivity index is 2.19. The second-order valence-electron chi connectivity index (χ2n) is 4.55. The van der Waals surface area contributed by atoms with Crippen molar-refractivity contribution in [3.63, 3.8) is 0 Å². The number of ether oxygens (including phenoxy) is 1. The lowest BCUT2D eigenvalue weighted by molar-refractivity contribution is 0.242. The fourth-order valence-corrected chi connectivity index (χ4v) is 2.32. The number of nitrogen functional groups attached to an aromatic ring is 1. The minimum atomic E-state index is 0.121. The lowest BCUT2D eigenvalue weighted by Crippen LogP contribution is -2.05. The van der Waals surface area contributed by atoms with Crippen molar-refractivity contribution < 1.29 is 4.74 Å². The van der Waals surface area contributed by atoms with E-state index in [1.807, 2.05) is 39.0 Å². The summed E-state index contributed by atoms with van der Waals surface area (Å²) in [6, 6.07) is 5.66. The number of benzene rings is 1. The number of aryl methyl sites for hydroxylation is 1. The summed E-state index contributed by atoms with van der Waals surface area (Å²) in [5.74, 6) is 0.768. The molecule has 1 aromatic carbocycles. The Morgan fingerprint density at radius 3 is 2.47 bits per heavy atom. The van der Waals surface area contributed by atoms with Gasteiger partial charge in [-0.25, -0.2) is 9.97 Å². The molecule has 2 aromatic rings. The molecular weight excluding hydrogens is 258 g/mol. The molecule has 0 spiro atoms. The third-order valence-electron chi connectivity index (χ3n) is 2.24. The third kappa shape index (κ3) is 4.13. The highest BCUT2D eigenvalue weighted by Gasteiger charge is 2.05. The molecule has 0 aliphatic carbocycles. The fraction of sp³-hybridized carbons (Fsp3) is 0.286. The Bertz CT molecular complexity index is 555. The maximum atomic E-state index is 5.88. The number of nitrogens with two attached hydrogens (primary N) is 1. The number of anilines is 1. The van der Waals surface area contributed by atoms with Crippen LogP contribution >= 0.6 is 11.8 Å². The van der Waals surface area contributed by atoms with Gasteiger partial charge in [-0.2, -0.15) is 0 Å². The topological polar surface area (TPSA) is 61.0 Å². The number of aromatic nitrogens is 2. The van der Waals surface area contributed by atoms with Gasteiger partial charge in [0.25, 0.3) is 0 Å². The summed E-state index contributed by atoms with van der Waals surface area (Å²) >= 11 is 1.47. The van der Waals surface area contributed by atoms with Crippen LogP contribution in [0.1, 0.15) is 19.4 Å². The second kappa shape index (κ2) is 5.93. The lowest BCUT2D eigenvalue weighted by Gasteiger charge is -2.11. The van der Waals surface area contributed by atoms with Gasteiger partial charge in [-0.15, -0.1) is 0 Å². The van der Waals surface area contributed by atoms with Crippen LogP contribution in [0.4, 0.5) is 5.69 Å². The van der Waals surface area contributed by atoms with E-state index in [1.165, 1.54) is 11.8 Å². The molecule has 1 heterocycles. The SMILES string of the molecule is Cc1cnc(Sc2cc(N)cc(OC(C)C)c2)nc1. The van der Waals surface area contributed by atoms with Crippen molar-refractivity contribution in [2.24, 2.45) is 0 Å². The van der Waals surface area contributed by atoms with E-state index >= 15 is 0 Å². The van der Waals surface area contributed by atoms with Crippen LogP contribution < -0.4 is 10.5 Å². The molecule has 1 aromatic heterocycles. The molecule has 2 rings (SSSR count). The van der Waals surface area contributed by atoms with E-state index in [9.17, 15) is 0 Å². The Kier molecular flexibility index (Phi) is 4.27. The molecule has 19 heavy (non-hydrogen) atoms. The smallest absolute Gasteiger partial charge is 0.192 e. The van der Waals surface area contributed by atoms with E-state index in [1.54, 1.807) is 12.4 Å². The molecular formula is C14H17N3OS. The molecule has 0 saturated carbocycles. The first-order valence-corrected chi connectivity index (χ1v) is 6.88. The summed E-state index contributed by atoms with van der Waals surface area (Å²) in [4.78, 5) is 9.50. The molecule has 0 unspecified atom stereocenters. The van der Waals surface area contributed by atoms with Gasteiger partial charge in [0.05, 0.1) is 6.10 Å². The first-order valence-electron chi connectivity index (χ1n) is 6.06. The van der Waals surface area contributed by atoms with Crippen LogP contribution in [0.25, 0.3) is 0 Å². The first-order chi connectivity index (χ1) is 9.02. The van der Waals surface area contributed by atoms with E-state index in [2.05, 4.69) is 9.97 Å². The molecule has 0 saturated heterocycles. The van der Waals surface area contributed by atoms with Gasteiger partial charge in [0.1, 0.15) is 5.75 Å². The van der Waals surface area contributed by atoms with Gasteiger partial charge in [0, 0.05) is 29.0 Å². The van der Waals surface area contributed by atoms with Crippen molar-refractivity contribution in [3.05, 3.63) is 36.2 Å². The molecule has 100 valence electrons. The number of nitrogens with zero attached hydrogens (tertiary/aromatic N) is 2. The van der Waals surface area contributed by atoms with Gasteiger partial charge in [0.15, 0.2) is 5.16 Å². The fourth-order valence-electron chi connectivity index (χ4n) is 1.53. The first kappa shape index (κ1) is 13.7. The minimum Gasteiger partial charge on any atom is -0.491 e. The van der Waals surface area contributed by atoms with Crippen molar-refractivity contribution >= 4 is 17.4 Å². The molecule has 0 bridgehead atoms. The minimum absolute atomic E-state index is 0.121. The van der Waals surface area contributed by atoms with Gasteiger partial charge in [-0.05, 0) is 50.2 Å². The standard InChI is InChI=1S/C14H17N3OS/c1-9(2)18-12-4-11(15)5-13(6-12)19-14-16-7-10(3)8-17-14/h4-9H,15H2,1-3H3. The van der Waals surface area contributed by atoms with Crippen LogP contribution in [-0.2, 0) is 0 Å². The van der Waals surface area contributed by atoms with Gasteiger partial charge in [-0.1, -0.05) is 0 Å². The van der Waals surface area contributed by atoms with Crippen molar-refractivity contribution in [1.29, 1.82) is 0 Å². The zero-order chi connectivity index (χ0) is 13.8. The predicted octanol–water partition coefficient (Wildman–Crippen LogP) is 3.31. The molecule has 5 heteroatoms. The molecule has 2 N–H and O–H groups in total. The predicted molar refractivity (Wildman–Crippen MR) is 77.5 cm³/mol. The van der Waals surface area contributed by atoms with Gasteiger partial charge in [-0.3, -0.25) is 0 Å². The van der Waals surface area contributed by atoms with E-state index in [0.717, 1.165) is 16.2 Å². The van der Waals surface area contributed by atoms with Crippen LogP contribution in [0.5, 0.6) is 5.75 Å². The van der Waals surface area contributed by atoms with Gasteiger partial charge < -0.3 is 10.5 Å². The Hall–Kier alpha value is -1.75. The van der Waals surface area contributed by atoms with Crippen LogP contribution in [-0.4, -0.2) is 16.1 Å². The highest BCUT2D eigenvalue weighted by atomic mass is 32.2. The van der Waals surface area contributed by atoms with E-state index < -0.39 is 0 Å². The average molecular weight is 275 g/mol. The zero-order valence-corrected chi connectivity index (χ0v) is 12.1. The van der Waals surface area contributed by atoms with E-state index in [0.29, 0.717) is 10.8 Å². The Labute approximate surface area is 117 Å². The summed E-state index contributed by atoms with van der Waals surface area (Å²) < 4.78 is 5.66. The van der Waals surface area contributed by atoms with Crippen molar-refractivity contribution in [2.45, 2.75) is 36.9 Å². The number of hydrogen-bond donors (Lipinski definition) is 1. The maximum Gasteiger partial charge on any atom is 0.192 e. The summed E-state index contributed by atoms with van der Waals surface area (Å²) in [6.45, 7) is 5.93. The normalized spacial score (nSPS) is 10.7. The quantitative estimate of drug-likeness (QED) is 0.685. The van der Waals surface area contributed by atoms with Crippen LogP contribution in [0.3, 0.4) is 0 Å². The summed E-state index contributed by atoms with van der Waals surface area (Å²) in [5, 5.41) is 0.701. The van der Waals surface area contributed by atoms with Gasteiger partial charge in [0.2, 0.25) is 0 Å². The van der Waals surface area contributed by atoms with Crippen molar-refractivity contribution in [2.75, 3.05) is 5.73 Å². The van der Waals surface area contributed by atoms with Crippen LogP contribution in [0.15, 0.2) is 40.6 Å². The van der Waals surface area contributed by atoms with E-state index in [4.69, 9.17) is 10.5 Å². The van der Waals surface area contributed by atoms with Crippen molar-refractivity contribution in [3.8, 4) is 5.75 Å². The Morgan fingerprint density at radius 2 is 1.84 bits per heavy atom. The molecule has 0 amide bonds.